The summed E-state index contributed by atoms with van der Waals surface area (Å²) < 4.78 is 27.1. The molecule has 3 atom stereocenters. The van der Waals surface area contributed by atoms with Crippen LogP contribution in [-0.4, -0.2) is 43.4 Å². The van der Waals surface area contributed by atoms with Crippen LogP contribution < -0.4 is 5.32 Å². The maximum atomic E-state index is 12.7. The number of hydrogen-bond acceptors (Lipinski definition) is 4. The summed E-state index contributed by atoms with van der Waals surface area (Å²) in [5.41, 5.74) is 0. The summed E-state index contributed by atoms with van der Waals surface area (Å²) in [7, 11) is -3.40. The fourth-order valence-electron chi connectivity index (χ4n) is 3.40. The van der Waals surface area contributed by atoms with Crippen LogP contribution in [-0.2, 0) is 10.0 Å². The van der Waals surface area contributed by atoms with Crippen molar-refractivity contribution in [2.75, 3.05) is 19.6 Å². The molecule has 1 N–H and O–H groups in total. The minimum Gasteiger partial charge on any atom is -0.316 e. The molecule has 2 fully saturated rings. The zero-order chi connectivity index (χ0) is 13.5. The summed E-state index contributed by atoms with van der Waals surface area (Å²) in [5.74, 6) is 0.910. The van der Waals surface area contributed by atoms with Crippen molar-refractivity contribution in [2.45, 2.75) is 24.3 Å². The summed E-state index contributed by atoms with van der Waals surface area (Å²) in [6.45, 7) is 4.56. The van der Waals surface area contributed by atoms with Crippen molar-refractivity contribution >= 4 is 10.0 Å². The van der Waals surface area contributed by atoms with Crippen molar-refractivity contribution in [3.8, 4) is 0 Å². The van der Waals surface area contributed by atoms with Gasteiger partial charge in [-0.05, 0) is 43.5 Å². The number of fused-ring (bicyclic) bond motifs is 1. The van der Waals surface area contributed by atoms with E-state index in [1.54, 1.807) is 22.6 Å². The molecule has 3 unspecified atom stereocenters. The van der Waals surface area contributed by atoms with Gasteiger partial charge in [-0.1, -0.05) is 6.92 Å². The minimum atomic E-state index is -3.40. The number of nitrogens with one attached hydrogen (secondary N) is 1. The van der Waals surface area contributed by atoms with Crippen molar-refractivity contribution in [2.24, 2.45) is 11.8 Å². The molecule has 2 saturated heterocycles. The summed E-state index contributed by atoms with van der Waals surface area (Å²) >= 11 is 0. The van der Waals surface area contributed by atoms with E-state index in [0.29, 0.717) is 23.3 Å². The van der Waals surface area contributed by atoms with E-state index in [9.17, 15) is 8.42 Å². The van der Waals surface area contributed by atoms with Crippen molar-refractivity contribution in [3.63, 3.8) is 0 Å². The van der Waals surface area contributed by atoms with E-state index in [4.69, 9.17) is 0 Å². The average molecular weight is 281 g/mol. The second kappa shape index (κ2) is 4.85. The highest BCUT2D eigenvalue weighted by atomic mass is 32.2. The molecule has 0 radical (unpaired) electrons. The third kappa shape index (κ3) is 2.07. The molecule has 0 bridgehead atoms. The monoisotopic (exact) mass is 281 g/mol. The van der Waals surface area contributed by atoms with Crippen molar-refractivity contribution < 1.29 is 8.42 Å². The van der Waals surface area contributed by atoms with Crippen LogP contribution in [0.5, 0.6) is 0 Å². The normalized spacial score (nSPS) is 31.5. The number of rotatable bonds is 3. The highest BCUT2D eigenvalue weighted by Gasteiger charge is 2.48. The van der Waals surface area contributed by atoms with Crippen LogP contribution in [0.4, 0.5) is 0 Å². The van der Waals surface area contributed by atoms with Gasteiger partial charge in [-0.15, -0.1) is 0 Å². The van der Waals surface area contributed by atoms with Crippen LogP contribution in [0.25, 0.3) is 0 Å². The van der Waals surface area contributed by atoms with Gasteiger partial charge in [-0.2, -0.15) is 4.31 Å². The van der Waals surface area contributed by atoms with Crippen LogP contribution >= 0.6 is 0 Å². The van der Waals surface area contributed by atoms with E-state index < -0.39 is 10.0 Å². The molecule has 3 heterocycles. The number of aromatic nitrogens is 1. The van der Waals surface area contributed by atoms with E-state index in [0.717, 1.165) is 19.5 Å². The Labute approximate surface area is 114 Å². The molecule has 19 heavy (non-hydrogen) atoms. The molecule has 0 aromatic carbocycles. The van der Waals surface area contributed by atoms with Crippen LogP contribution in [0.1, 0.15) is 13.3 Å². The molecule has 2 aliphatic rings. The summed E-state index contributed by atoms with van der Waals surface area (Å²) in [6, 6.07) is 3.42. The zero-order valence-electron chi connectivity index (χ0n) is 11.0. The Kier molecular flexibility index (Phi) is 3.32. The molecule has 104 valence electrons. The van der Waals surface area contributed by atoms with Crippen molar-refractivity contribution in [3.05, 3.63) is 24.5 Å². The van der Waals surface area contributed by atoms with Crippen LogP contribution in [0, 0.1) is 11.8 Å². The number of hydrogen-bond donors (Lipinski definition) is 1. The maximum absolute atomic E-state index is 12.7. The van der Waals surface area contributed by atoms with Gasteiger partial charge in [0.15, 0.2) is 0 Å². The van der Waals surface area contributed by atoms with Gasteiger partial charge >= 0.3 is 0 Å². The van der Waals surface area contributed by atoms with Gasteiger partial charge < -0.3 is 5.32 Å². The second-order valence-corrected chi connectivity index (χ2v) is 7.21. The van der Waals surface area contributed by atoms with Gasteiger partial charge in [0.25, 0.3) is 0 Å². The quantitative estimate of drug-likeness (QED) is 0.886. The summed E-state index contributed by atoms with van der Waals surface area (Å²) in [4.78, 5) is 4.23. The molecule has 5 nitrogen and oxygen atoms in total. The largest absolute Gasteiger partial charge is 0.316 e. The van der Waals surface area contributed by atoms with E-state index in [1.807, 2.05) is 0 Å². The Morgan fingerprint density at radius 3 is 3.00 bits per heavy atom. The lowest BCUT2D eigenvalue weighted by Crippen LogP contribution is -2.39. The first-order valence-electron chi connectivity index (χ1n) is 6.77. The third-order valence-corrected chi connectivity index (χ3v) is 6.20. The zero-order valence-corrected chi connectivity index (χ0v) is 11.8. The molecule has 1 aromatic heterocycles. The number of nitrogens with zero attached hydrogens (tertiary/aromatic N) is 2. The molecule has 3 rings (SSSR count). The molecule has 0 amide bonds. The van der Waals surface area contributed by atoms with Crippen LogP contribution in [0.2, 0.25) is 0 Å². The van der Waals surface area contributed by atoms with Gasteiger partial charge in [0, 0.05) is 25.0 Å². The number of pyridine rings is 1. The standard InChI is InChI=1S/C13H19N3O2S/c1-2-13-12-8-15-6-10(12)9-16(13)19(17,18)11-4-3-5-14-7-11/h3-5,7,10,12-13,15H,2,6,8-9H2,1H3. The Morgan fingerprint density at radius 2 is 2.32 bits per heavy atom. The lowest BCUT2D eigenvalue weighted by molar-refractivity contribution is 0.329. The molecule has 1 aromatic rings. The topological polar surface area (TPSA) is 62.3 Å². The van der Waals surface area contributed by atoms with E-state index >= 15 is 0 Å². The Bertz CT molecular complexity index is 546. The highest BCUT2D eigenvalue weighted by molar-refractivity contribution is 7.89. The van der Waals surface area contributed by atoms with E-state index in [2.05, 4.69) is 17.2 Å². The molecule has 6 heteroatoms. The molecule has 0 spiro atoms. The van der Waals surface area contributed by atoms with Gasteiger partial charge in [-0.25, -0.2) is 8.42 Å². The molecular weight excluding hydrogens is 262 g/mol. The average Bonchev–Trinajstić information content (AvgIpc) is 2.99. The van der Waals surface area contributed by atoms with Crippen molar-refractivity contribution in [1.29, 1.82) is 0 Å². The first-order valence-corrected chi connectivity index (χ1v) is 8.21. The van der Waals surface area contributed by atoms with Crippen LogP contribution in [0.3, 0.4) is 0 Å². The molecule has 0 saturated carbocycles. The fourth-order valence-corrected chi connectivity index (χ4v) is 5.17. The summed E-state index contributed by atoms with van der Waals surface area (Å²) in [5, 5.41) is 3.37. The van der Waals surface area contributed by atoms with Gasteiger partial charge in [-0.3, -0.25) is 4.98 Å². The maximum Gasteiger partial charge on any atom is 0.244 e. The van der Waals surface area contributed by atoms with Crippen molar-refractivity contribution in [1.82, 2.24) is 14.6 Å². The third-order valence-electron chi connectivity index (χ3n) is 4.33. The highest BCUT2D eigenvalue weighted by Crippen LogP contribution is 2.37. The van der Waals surface area contributed by atoms with Crippen LogP contribution in [0.15, 0.2) is 29.4 Å². The van der Waals surface area contributed by atoms with Gasteiger partial charge in [0.1, 0.15) is 4.90 Å². The number of sulfonamides is 1. The fraction of sp³-hybridized carbons (Fsp3) is 0.615. The Balaban J connectivity index is 1.94. The van der Waals surface area contributed by atoms with Gasteiger partial charge in [0.05, 0.1) is 0 Å². The first kappa shape index (κ1) is 13.0. The van der Waals surface area contributed by atoms with E-state index in [1.165, 1.54) is 6.20 Å². The predicted molar refractivity (Wildman–Crippen MR) is 72.1 cm³/mol. The van der Waals surface area contributed by atoms with Gasteiger partial charge in [0.2, 0.25) is 10.0 Å². The molecule has 2 aliphatic heterocycles. The lowest BCUT2D eigenvalue weighted by atomic mass is 9.93. The lowest BCUT2D eigenvalue weighted by Gasteiger charge is -2.26. The first-order chi connectivity index (χ1) is 9.14. The SMILES string of the molecule is CCC1C2CNCC2CN1S(=O)(=O)c1cccnc1. The molecular formula is C13H19N3O2S. The Hall–Kier alpha value is -0.980. The second-order valence-electron chi connectivity index (χ2n) is 5.32. The summed E-state index contributed by atoms with van der Waals surface area (Å²) in [6.07, 6.45) is 3.90. The Morgan fingerprint density at radius 1 is 1.47 bits per heavy atom. The predicted octanol–water partition coefficient (Wildman–Crippen LogP) is 0.700. The smallest absolute Gasteiger partial charge is 0.244 e. The molecule has 0 aliphatic carbocycles. The minimum absolute atomic E-state index is 0.116. The van der Waals surface area contributed by atoms with E-state index in [-0.39, 0.29) is 6.04 Å².